The van der Waals surface area contributed by atoms with Crippen LogP contribution in [0.1, 0.15) is 25.0 Å². The van der Waals surface area contributed by atoms with Crippen LogP contribution in [-0.4, -0.2) is 63.5 Å². The molecule has 0 saturated carbocycles. The fourth-order valence-corrected chi connectivity index (χ4v) is 3.48. The molecule has 3 rings (SSSR count). The third-order valence-electron chi connectivity index (χ3n) is 5.03. The number of β-amino-alcohol motifs (C(OH)–C–C–N with tert-alkyl or cyclic N) is 1. The Bertz CT molecular complexity index is 631. The van der Waals surface area contributed by atoms with E-state index in [9.17, 15) is 9.50 Å². The summed E-state index contributed by atoms with van der Waals surface area (Å²) >= 11 is 0. The molecular formula is C19H27FN4O. The molecule has 1 saturated heterocycles. The van der Waals surface area contributed by atoms with E-state index in [1.807, 2.05) is 23.1 Å². The molecule has 1 fully saturated rings. The molecule has 5 nitrogen and oxygen atoms in total. The van der Waals surface area contributed by atoms with Gasteiger partial charge in [0.25, 0.3) is 0 Å². The van der Waals surface area contributed by atoms with E-state index in [0.717, 1.165) is 44.7 Å². The summed E-state index contributed by atoms with van der Waals surface area (Å²) in [4.78, 5) is 4.83. The summed E-state index contributed by atoms with van der Waals surface area (Å²) in [6.45, 7) is 7.63. The van der Waals surface area contributed by atoms with Gasteiger partial charge in [-0.25, -0.2) is 4.39 Å². The van der Waals surface area contributed by atoms with Crippen LogP contribution in [0.3, 0.4) is 0 Å². The van der Waals surface area contributed by atoms with E-state index < -0.39 is 6.10 Å². The molecule has 2 aromatic rings. The fraction of sp³-hybridized carbons (Fsp3) is 0.526. The molecule has 0 aliphatic carbocycles. The lowest BCUT2D eigenvalue weighted by atomic mass is 10.1. The molecule has 1 aromatic carbocycles. The molecule has 0 unspecified atom stereocenters. The Kier molecular flexibility index (Phi) is 6.18. The maximum Gasteiger partial charge on any atom is 0.123 e. The molecule has 136 valence electrons. The second kappa shape index (κ2) is 8.56. The molecule has 0 bridgehead atoms. The standard InChI is InChI=1S/C19H27FN4O/c1-2-18-14-22(11-13-24-9-3-8-21-24)10-12-23(18)15-19(25)16-4-6-17(20)7-5-16/h3-9,18-19,25H,2,10-15H2,1H3/t18-,19+/m1/s1. The highest BCUT2D eigenvalue weighted by molar-refractivity contribution is 5.18. The minimum absolute atomic E-state index is 0.270. The predicted molar refractivity (Wildman–Crippen MR) is 95.7 cm³/mol. The van der Waals surface area contributed by atoms with Gasteiger partial charge < -0.3 is 5.11 Å². The minimum Gasteiger partial charge on any atom is -0.387 e. The van der Waals surface area contributed by atoms with Gasteiger partial charge in [-0.15, -0.1) is 0 Å². The van der Waals surface area contributed by atoms with E-state index in [-0.39, 0.29) is 5.82 Å². The van der Waals surface area contributed by atoms with Crippen LogP contribution in [-0.2, 0) is 6.54 Å². The number of aliphatic hydroxyl groups is 1. The molecule has 0 radical (unpaired) electrons. The van der Waals surface area contributed by atoms with E-state index in [2.05, 4.69) is 21.8 Å². The van der Waals surface area contributed by atoms with Crippen molar-refractivity contribution in [1.29, 1.82) is 0 Å². The van der Waals surface area contributed by atoms with E-state index >= 15 is 0 Å². The number of nitrogens with zero attached hydrogens (tertiary/aromatic N) is 4. The molecule has 1 N–H and O–H groups in total. The Morgan fingerprint density at radius 2 is 2.04 bits per heavy atom. The Morgan fingerprint density at radius 3 is 2.72 bits per heavy atom. The highest BCUT2D eigenvalue weighted by Gasteiger charge is 2.27. The summed E-state index contributed by atoms with van der Waals surface area (Å²) in [7, 11) is 0. The van der Waals surface area contributed by atoms with Crippen molar-refractivity contribution in [2.75, 3.05) is 32.7 Å². The van der Waals surface area contributed by atoms with Gasteiger partial charge in [0.1, 0.15) is 5.82 Å². The monoisotopic (exact) mass is 346 g/mol. The summed E-state index contributed by atoms with van der Waals surface area (Å²) in [5.74, 6) is -0.270. The minimum atomic E-state index is -0.578. The van der Waals surface area contributed by atoms with Crippen LogP contribution in [0.25, 0.3) is 0 Å². The predicted octanol–water partition coefficient (Wildman–Crippen LogP) is 2.15. The zero-order valence-electron chi connectivity index (χ0n) is 14.8. The Hall–Kier alpha value is -1.76. The molecule has 0 amide bonds. The number of aliphatic hydroxyl groups excluding tert-OH is 1. The normalized spacial score (nSPS) is 20.7. The lowest BCUT2D eigenvalue weighted by Crippen LogP contribution is -2.54. The number of halogens is 1. The van der Waals surface area contributed by atoms with Crippen molar-refractivity contribution in [3.63, 3.8) is 0 Å². The van der Waals surface area contributed by atoms with Gasteiger partial charge in [-0.2, -0.15) is 5.10 Å². The van der Waals surface area contributed by atoms with E-state index in [4.69, 9.17) is 0 Å². The first kappa shape index (κ1) is 18.0. The van der Waals surface area contributed by atoms with Crippen molar-refractivity contribution in [2.45, 2.75) is 32.0 Å². The van der Waals surface area contributed by atoms with Crippen molar-refractivity contribution >= 4 is 0 Å². The van der Waals surface area contributed by atoms with Gasteiger partial charge in [0.05, 0.1) is 12.6 Å². The van der Waals surface area contributed by atoms with Gasteiger partial charge in [-0.3, -0.25) is 14.5 Å². The van der Waals surface area contributed by atoms with E-state index in [1.54, 1.807) is 12.1 Å². The third-order valence-corrected chi connectivity index (χ3v) is 5.03. The van der Waals surface area contributed by atoms with Crippen LogP contribution < -0.4 is 0 Å². The highest BCUT2D eigenvalue weighted by Crippen LogP contribution is 2.20. The number of benzene rings is 1. The Balaban J connectivity index is 1.52. The van der Waals surface area contributed by atoms with Crippen molar-refractivity contribution in [3.8, 4) is 0 Å². The second-order valence-electron chi connectivity index (χ2n) is 6.69. The van der Waals surface area contributed by atoms with Gasteiger partial charge in [0.15, 0.2) is 0 Å². The molecule has 1 aliphatic heterocycles. The molecule has 25 heavy (non-hydrogen) atoms. The zero-order valence-corrected chi connectivity index (χ0v) is 14.8. The lowest BCUT2D eigenvalue weighted by molar-refractivity contribution is 0.0294. The number of rotatable bonds is 7. The molecule has 2 atom stereocenters. The topological polar surface area (TPSA) is 44.5 Å². The van der Waals surface area contributed by atoms with Gasteiger partial charge in [-0.05, 0) is 30.2 Å². The smallest absolute Gasteiger partial charge is 0.123 e. The number of hydrogen-bond donors (Lipinski definition) is 1. The second-order valence-corrected chi connectivity index (χ2v) is 6.69. The van der Waals surface area contributed by atoms with Crippen LogP contribution in [0.4, 0.5) is 4.39 Å². The summed E-state index contributed by atoms with van der Waals surface area (Å²) in [5, 5.41) is 14.7. The van der Waals surface area contributed by atoms with Crippen molar-refractivity contribution in [2.24, 2.45) is 0 Å². The first-order chi connectivity index (χ1) is 12.2. The molecular weight excluding hydrogens is 319 g/mol. The first-order valence-electron chi connectivity index (χ1n) is 9.03. The first-order valence-corrected chi connectivity index (χ1v) is 9.03. The zero-order chi connectivity index (χ0) is 17.6. The maximum absolute atomic E-state index is 13.0. The maximum atomic E-state index is 13.0. The van der Waals surface area contributed by atoms with E-state index in [0.29, 0.717) is 12.6 Å². The largest absolute Gasteiger partial charge is 0.387 e. The van der Waals surface area contributed by atoms with Crippen molar-refractivity contribution in [3.05, 3.63) is 54.1 Å². The third kappa shape index (κ3) is 4.87. The highest BCUT2D eigenvalue weighted by atomic mass is 19.1. The summed E-state index contributed by atoms with van der Waals surface area (Å²) < 4.78 is 15.0. The summed E-state index contributed by atoms with van der Waals surface area (Å²) in [5.41, 5.74) is 0.775. The van der Waals surface area contributed by atoms with Gasteiger partial charge >= 0.3 is 0 Å². The number of hydrogen-bond acceptors (Lipinski definition) is 4. The summed E-state index contributed by atoms with van der Waals surface area (Å²) in [6, 6.07) is 8.53. The SMILES string of the molecule is CC[C@@H]1CN(CCn2cccn2)CCN1C[C@H](O)c1ccc(F)cc1. The molecule has 1 aromatic heterocycles. The Morgan fingerprint density at radius 1 is 1.24 bits per heavy atom. The van der Waals surface area contributed by atoms with Crippen LogP contribution in [0.2, 0.25) is 0 Å². The lowest BCUT2D eigenvalue weighted by Gasteiger charge is -2.42. The average molecular weight is 346 g/mol. The Labute approximate surface area is 148 Å². The number of piperazine rings is 1. The average Bonchev–Trinajstić information content (AvgIpc) is 3.15. The van der Waals surface area contributed by atoms with Crippen LogP contribution in [0.15, 0.2) is 42.7 Å². The molecule has 0 spiro atoms. The van der Waals surface area contributed by atoms with Crippen molar-refractivity contribution < 1.29 is 9.50 Å². The summed E-state index contributed by atoms with van der Waals surface area (Å²) in [6.07, 6.45) is 4.27. The fourth-order valence-electron chi connectivity index (χ4n) is 3.48. The van der Waals surface area contributed by atoms with Gasteiger partial charge in [-0.1, -0.05) is 19.1 Å². The number of aromatic nitrogens is 2. The van der Waals surface area contributed by atoms with E-state index in [1.165, 1.54) is 12.1 Å². The quantitative estimate of drug-likeness (QED) is 0.834. The van der Waals surface area contributed by atoms with Gasteiger partial charge in [0.2, 0.25) is 0 Å². The van der Waals surface area contributed by atoms with Crippen LogP contribution >= 0.6 is 0 Å². The molecule has 6 heteroatoms. The van der Waals surface area contributed by atoms with Crippen molar-refractivity contribution in [1.82, 2.24) is 19.6 Å². The van der Waals surface area contributed by atoms with Gasteiger partial charge in [0, 0.05) is 51.2 Å². The molecule has 2 heterocycles. The van der Waals surface area contributed by atoms with Crippen LogP contribution in [0.5, 0.6) is 0 Å². The molecule has 1 aliphatic rings. The van der Waals surface area contributed by atoms with Crippen LogP contribution in [0, 0.1) is 5.82 Å².